The van der Waals surface area contributed by atoms with E-state index >= 15 is 0 Å². The van der Waals surface area contributed by atoms with Gasteiger partial charge in [0, 0.05) is 36.6 Å². The molecule has 0 aliphatic rings. The number of amides is 2. The summed E-state index contributed by atoms with van der Waals surface area (Å²) in [4.78, 5) is 35.5. The van der Waals surface area contributed by atoms with Crippen LogP contribution in [0.25, 0.3) is 0 Å². The Balaban J connectivity index is 2.05. The Bertz CT molecular complexity index is 1070. The Morgan fingerprint density at radius 1 is 1.05 bits per heavy atom. The molecule has 2 aromatic rings. The second kappa shape index (κ2) is 13.1. The van der Waals surface area contributed by atoms with Crippen molar-refractivity contribution in [2.24, 2.45) is 0 Å². The zero-order valence-electron chi connectivity index (χ0n) is 22.4. The van der Waals surface area contributed by atoms with Crippen LogP contribution in [-0.2, 0) is 4.79 Å². The van der Waals surface area contributed by atoms with Crippen LogP contribution in [0, 0.1) is 0 Å². The molecule has 12 heteroatoms. The molecule has 3 unspecified atom stereocenters. The second-order valence-corrected chi connectivity index (χ2v) is 10.2. The van der Waals surface area contributed by atoms with Crippen molar-refractivity contribution in [3.8, 4) is 5.88 Å². The monoisotopic (exact) mass is 557 g/mol. The number of nitrogens with zero attached hydrogens (tertiary/aromatic N) is 3. The summed E-state index contributed by atoms with van der Waals surface area (Å²) < 4.78 is 43.0. The van der Waals surface area contributed by atoms with Gasteiger partial charge in [-0.2, -0.15) is 13.2 Å². The topological polar surface area (TPSA) is 96.5 Å². The molecule has 0 aromatic carbocycles. The maximum absolute atomic E-state index is 13.0. The molecule has 0 bridgehead atoms. The minimum absolute atomic E-state index is 0.0350. The van der Waals surface area contributed by atoms with E-state index in [2.05, 4.69) is 20.2 Å². The van der Waals surface area contributed by atoms with Crippen LogP contribution in [0.15, 0.2) is 36.7 Å². The Kier molecular flexibility index (Phi) is 10.8. The summed E-state index contributed by atoms with van der Waals surface area (Å²) in [6.07, 6.45) is -0.421. The molecule has 38 heavy (non-hydrogen) atoms. The van der Waals surface area contributed by atoms with E-state index in [1.807, 2.05) is 33.0 Å². The highest BCUT2D eigenvalue weighted by Crippen LogP contribution is 2.23. The maximum Gasteiger partial charge on any atom is 0.405 e. The minimum Gasteiger partial charge on any atom is -0.462 e. The number of anilines is 1. The van der Waals surface area contributed by atoms with Gasteiger partial charge in [0.25, 0.3) is 11.8 Å². The number of halogens is 4. The third-order valence-electron chi connectivity index (χ3n) is 5.94. The zero-order valence-corrected chi connectivity index (χ0v) is 23.2. The smallest absolute Gasteiger partial charge is 0.405 e. The lowest BCUT2D eigenvalue weighted by Gasteiger charge is -2.37. The average Bonchev–Trinajstić information content (AvgIpc) is 2.83. The molecular formula is C26H35ClF3N5O3. The van der Waals surface area contributed by atoms with Crippen LogP contribution < -0.4 is 20.3 Å². The Hall–Kier alpha value is -3.08. The van der Waals surface area contributed by atoms with E-state index in [0.717, 1.165) is 6.42 Å². The molecule has 210 valence electrons. The zero-order chi connectivity index (χ0) is 28.7. The first-order valence-corrected chi connectivity index (χ1v) is 12.7. The summed E-state index contributed by atoms with van der Waals surface area (Å²) in [5.74, 6) is -0.300. The highest BCUT2D eigenvalue weighted by Gasteiger charge is 2.32. The molecule has 0 aliphatic carbocycles. The van der Waals surface area contributed by atoms with Crippen LogP contribution in [0.3, 0.4) is 0 Å². The minimum atomic E-state index is -4.49. The second-order valence-electron chi connectivity index (χ2n) is 9.75. The molecule has 0 radical (unpaired) electrons. The van der Waals surface area contributed by atoms with Gasteiger partial charge in [-0.05, 0) is 65.7 Å². The predicted molar refractivity (Wildman–Crippen MR) is 140 cm³/mol. The molecule has 2 N–H and O–H groups in total. The van der Waals surface area contributed by atoms with Crippen LogP contribution in [-0.4, -0.2) is 58.2 Å². The lowest BCUT2D eigenvalue weighted by atomic mass is 10.0. The standard InChI is InChI=1S/C26H35ClF3N5O3/c1-7-17(3)35(21-10-8-19(13-31-21)23(36)33-15-26(28,29)30)18(4)12-16(2)34-24(37)25(5,6)38-22-11-9-20(27)14-32-22/h8-11,13-14,16-18H,7,12,15H2,1-6H3,(H,33,36)(H,34,37). The largest absolute Gasteiger partial charge is 0.462 e. The molecular weight excluding hydrogens is 523 g/mol. The maximum atomic E-state index is 13.0. The summed E-state index contributed by atoms with van der Waals surface area (Å²) in [7, 11) is 0. The number of alkyl halides is 3. The number of rotatable bonds is 12. The summed E-state index contributed by atoms with van der Waals surface area (Å²) in [6, 6.07) is 6.06. The van der Waals surface area contributed by atoms with Gasteiger partial charge >= 0.3 is 6.18 Å². The summed E-state index contributed by atoms with van der Waals surface area (Å²) in [6.45, 7) is 9.83. The molecule has 0 saturated heterocycles. The summed E-state index contributed by atoms with van der Waals surface area (Å²) in [5.41, 5.74) is -1.15. The van der Waals surface area contributed by atoms with Crippen molar-refractivity contribution in [1.82, 2.24) is 20.6 Å². The number of ether oxygens (including phenoxy) is 1. The van der Waals surface area contributed by atoms with Crippen molar-refractivity contribution in [2.75, 3.05) is 11.4 Å². The molecule has 3 atom stereocenters. The van der Waals surface area contributed by atoms with Crippen LogP contribution in [0.5, 0.6) is 5.88 Å². The van der Waals surface area contributed by atoms with Gasteiger partial charge in [0.15, 0.2) is 5.60 Å². The van der Waals surface area contributed by atoms with E-state index in [1.54, 1.807) is 32.0 Å². The fourth-order valence-electron chi connectivity index (χ4n) is 3.85. The van der Waals surface area contributed by atoms with Gasteiger partial charge in [0.2, 0.25) is 5.88 Å². The molecule has 0 aliphatic heterocycles. The van der Waals surface area contributed by atoms with E-state index < -0.39 is 24.2 Å². The molecule has 2 rings (SSSR count). The van der Waals surface area contributed by atoms with Crippen molar-refractivity contribution in [3.63, 3.8) is 0 Å². The van der Waals surface area contributed by atoms with Gasteiger partial charge in [-0.1, -0.05) is 18.5 Å². The van der Waals surface area contributed by atoms with E-state index in [9.17, 15) is 22.8 Å². The van der Waals surface area contributed by atoms with Crippen LogP contribution >= 0.6 is 11.6 Å². The molecule has 0 spiro atoms. The fraction of sp³-hybridized carbons (Fsp3) is 0.538. The SMILES string of the molecule is CCC(C)N(c1ccc(C(=O)NCC(F)(F)F)cn1)C(C)CC(C)NC(=O)C(C)(C)Oc1ccc(Cl)cn1. The Morgan fingerprint density at radius 3 is 2.26 bits per heavy atom. The Morgan fingerprint density at radius 2 is 1.74 bits per heavy atom. The Labute approximate surface area is 226 Å². The summed E-state index contributed by atoms with van der Waals surface area (Å²) >= 11 is 5.85. The fourth-order valence-corrected chi connectivity index (χ4v) is 3.96. The number of carbonyl (C=O) groups excluding carboxylic acids is 2. The lowest BCUT2D eigenvalue weighted by Crippen LogP contribution is -2.51. The van der Waals surface area contributed by atoms with Crippen molar-refractivity contribution in [3.05, 3.63) is 47.2 Å². The van der Waals surface area contributed by atoms with Gasteiger partial charge < -0.3 is 20.3 Å². The van der Waals surface area contributed by atoms with E-state index in [-0.39, 0.29) is 35.5 Å². The van der Waals surface area contributed by atoms with Crippen molar-refractivity contribution in [2.45, 2.75) is 84.3 Å². The third kappa shape index (κ3) is 9.34. The van der Waals surface area contributed by atoms with Crippen LogP contribution in [0.4, 0.5) is 19.0 Å². The third-order valence-corrected chi connectivity index (χ3v) is 6.17. The van der Waals surface area contributed by atoms with Gasteiger partial charge in [-0.3, -0.25) is 9.59 Å². The quantitative estimate of drug-likeness (QED) is 0.374. The van der Waals surface area contributed by atoms with Gasteiger partial charge in [0.05, 0.1) is 10.6 Å². The van der Waals surface area contributed by atoms with E-state index in [4.69, 9.17) is 16.3 Å². The predicted octanol–water partition coefficient (Wildman–Crippen LogP) is 5.17. The number of carbonyl (C=O) groups is 2. The van der Waals surface area contributed by atoms with Crippen molar-refractivity contribution < 1.29 is 27.5 Å². The molecule has 2 heterocycles. The number of pyridine rings is 2. The molecule has 2 aromatic heterocycles. The number of hydrogen-bond donors (Lipinski definition) is 2. The first-order chi connectivity index (χ1) is 17.6. The van der Waals surface area contributed by atoms with Crippen molar-refractivity contribution >= 4 is 29.2 Å². The van der Waals surface area contributed by atoms with Crippen molar-refractivity contribution in [1.29, 1.82) is 0 Å². The molecule has 0 fully saturated rings. The number of nitrogens with one attached hydrogen (secondary N) is 2. The highest BCUT2D eigenvalue weighted by molar-refractivity contribution is 6.30. The van der Waals surface area contributed by atoms with Gasteiger partial charge in [0.1, 0.15) is 12.4 Å². The van der Waals surface area contributed by atoms with Gasteiger partial charge in [-0.15, -0.1) is 0 Å². The molecule has 2 amide bonds. The first-order valence-electron chi connectivity index (χ1n) is 12.3. The average molecular weight is 558 g/mol. The first kappa shape index (κ1) is 31.1. The van der Waals surface area contributed by atoms with Crippen LogP contribution in [0.2, 0.25) is 5.02 Å². The normalized spacial score (nSPS) is 14.3. The van der Waals surface area contributed by atoms with Crippen LogP contribution in [0.1, 0.15) is 64.7 Å². The van der Waals surface area contributed by atoms with Gasteiger partial charge in [-0.25, -0.2) is 9.97 Å². The highest BCUT2D eigenvalue weighted by atomic mass is 35.5. The lowest BCUT2D eigenvalue weighted by molar-refractivity contribution is -0.135. The molecule has 0 saturated carbocycles. The number of aromatic nitrogens is 2. The summed E-state index contributed by atoms with van der Waals surface area (Å²) in [5, 5.41) is 5.29. The number of hydrogen-bond acceptors (Lipinski definition) is 6. The van der Waals surface area contributed by atoms with E-state index in [0.29, 0.717) is 17.3 Å². The van der Waals surface area contributed by atoms with E-state index in [1.165, 1.54) is 18.5 Å². The molecule has 8 nitrogen and oxygen atoms in total.